The van der Waals surface area contributed by atoms with Gasteiger partial charge in [-0.15, -0.1) is 0 Å². The van der Waals surface area contributed by atoms with Crippen molar-refractivity contribution in [3.63, 3.8) is 0 Å². The summed E-state index contributed by atoms with van der Waals surface area (Å²) in [6.07, 6.45) is 1.06. The third-order valence-electron chi connectivity index (χ3n) is 4.10. The molecule has 1 N–H and O–H groups in total. The summed E-state index contributed by atoms with van der Waals surface area (Å²) >= 11 is 0. The van der Waals surface area contributed by atoms with Crippen molar-refractivity contribution < 1.29 is 14.3 Å². The molecular formula is C22H25NO3. The van der Waals surface area contributed by atoms with Crippen LogP contribution in [0.5, 0.6) is 0 Å². The predicted molar refractivity (Wildman–Crippen MR) is 101 cm³/mol. The van der Waals surface area contributed by atoms with Crippen molar-refractivity contribution in [2.75, 3.05) is 13.2 Å². The van der Waals surface area contributed by atoms with Crippen LogP contribution in [0.15, 0.2) is 83.5 Å². The number of hydrogen-bond donors (Lipinski definition) is 1. The molecule has 1 aromatic heterocycles. The maximum absolute atomic E-state index is 10.4. The molecule has 3 rings (SSSR count). The van der Waals surface area contributed by atoms with E-state index < -0.39 is 6.10 Å². The van der Waals surface area contributed by atoms with Gasteiger partial charge in [0.15, 0.2) is 0 Å². The van der Waals surface area contributed by atoms with Crippen LogP contribution >= 0.6 is 0 Å². The smallest absolute Gasteiger partial charge is 0.129 e. The second-order valence-corrected chi connectivity index (χ2v) is 6.39. The molecule has 0 radical (unpaired) electrons. The highest BCUT2D eigenvalue weighted by molar-refractivity contribution is 5.17. The summed E-state index contributed by atoms with van der Waals surface area (Å²) < 4.78 is 10.8. The van der Waals surface area contributed by atoms with Crippen molar-refractivity contribution >= 4 is 0 Å². The van der Waals surface area contributed by atoms with E-state index in [1.807, 2.05) is 48.5 Å². The normalized spacial score (nSPS) is 12.4. The first-order valence-electron chi connectivity index (χ1n) is 8.88. The van der Waals surface area contributed by atoms with Gasteiger partial charge in [-0.2, -0.15) is 0 Å². The minimum atomic E-state index is -0.558. The zero-order valence-corrected chi connectivity index (χ0v) is 14.8. The van der Waals surface area contributed by atoms with Gasteiger partial charge in [-0.25, -0.2) is 0 Å². The Kier molecular flexibility index (Phi) is 7.02. The van der Waals surface area contributed by atoms with E-state index in [-0.39, 0.29) is 6.61 Å². The fourth-order valence-electron chi connectivity index (χ4n) is 2.91. The summed E-state index contributed by atoms with van der Waals surface area (Å²) in [4.78, 5) is 2.24. The molecule has 0 saturated heterocycles. The second kappa shape index (κ2) is 9.92. The molecule has 0 bridgehead atoms. The third kappa shape index (κ3) is 6.15. The van der Waals surface area contributed by atoms with Gasteiger partial charge in [-0.05, 0) is 23.3 Å². The van der Waals surface area contributed by atoms with Gasteiger partial charge in [-0.3, -0.25) is 4.90 Å². The molecule has 136 valence electrons. The fourth-order valence-corrected chi connectivity index (χ4v) is 2.91. The highest BCUT2D eigenvalue weighted by atomic mass is 16.5. The maximum Gasteiger partial charge on any atom is 0.129 e. The lowest BCUT2D eigenvalue weighted by molar-refractivity contribution is 0.00253. The predicted octanol–water partition coefficient (Wildman–Crippen LogP) is 3.86. The van der Waals surface area contributed by atoms with Crippen LogP contribution in [0.1, 0.15) is 16.9 Å². The van der Waals surface area contributed by atoms with Gasteiger partial charge in [0.05, 0.1) is 19.0 Å². The van der Waals surface area contributed by atoms with Gasteiger partial charge in [0, 0.05) is 19.6 Å². The molecule has 0 aliphatic carbocycles. The van der Waals surface area contributed by atoms with Gasteiger partial charge in [0.1, 0.15) is 12.4 Å². The topological polar surface area (TPSA) is 45.8 Å². The second-order valence-electron chi connectivity index (χ2n) is 6.39. The third-order valence-corrected chi connectivity index (χ3v) is 4.10. The van der Waals surface area contributed by atoms with E-state index in [1.165, 1.54) is 11.1 Å². The van der Waals surface area contributed by atoms with E-state index in [2.05, 4.69) is 29.2 Å². The van der Waals surface area contributed by atoms with E-state index in [9.17, 15) is 5.11 Å². The lowest BCUT2D eigenvalue weighted by Gasteiger charge is -2.25. The summed E-state index contributed by atoms with van der Waals surface area (Å²) in [5.41, 5.74) is 2.46. The quantitative estimate of drug-likeness (QED) is 0.602. The van der Waals surface area contributed by atoms with Crippen LogP contribution in [0, 0.1) is 0 Å². The molecule has 0 fully saturated rings. The van der Waals surface area contributed by atoms with Gasteiger partial charge in [0.2, 0.25) is 0 Å². The van der Waals surface area contributed by atoms with Crippen molar-refractivity contribution in [3.05, 3.63) is 95.9 Å². The fraction of sp³-hybridized carbons (Fsp3) is 0.273. The van der Waals surface area contributed by atoms with Crippen molar-refractivity contribution in [3.8, 4) is 0 Å². The summed E-state index contributed by atoms with van der Waals surface area (Å²) in [6.45, 7) is 2.76. The molecule has 0 amide bonds. The minimum absolute atomic E-state index is 0.279. The molecule has 0 saturated carbocycles. The average molecular weight is 351 g/mol. The first-order valence-corrected chi connectivity index (χ1v) is 8.88. The Hall–Kier alpha value is -2.40. The number of aliphatic hydroxyl groups is 1. The summed E-state index contributed by atoms with van der Waals surface area (Å²) in [5, 5.41) is 10.4. The Balaban J connectivity index is 1.55. The van der Waals surface area contributed by atoms with E-state index in [0.29, 0.717) is 13.2 Å². The van der Waals surface area contributed by atoms with Crippen molar-refractivity contribution in [1.29, 1.82) is 0 Å². The Morgan fingerprint density at radius 1 is 0.846 bits per heavy atom. The molecule has 0 aliphatic rings. The van der Waals surface area contributed by atoms with Crippen LogP contribution in [0.25, 0.3) is 0 Å². The van der Waals surface area contributed by atoms with Crippen LogP contribution in [-0.4, -0.2) is 29.3 Å². The number of ether oxygens (including phenoxy) is 1. The van der Waals surface area contributed by atoms with E-state index >= 15 is 0 Å². The van der Waals surface area contributed by atoms with E-state index in [0.717, 1.165) is 18.8 Å². The first-order chi connectivity index (χ1) is 12.8. The zero-order chi connectivity index (χ0) is 18.0. The largest absolute Gasteiger partial charge is 0.467 e. The Morgan fingerprint density at radius 2 is 1.46 bits per heavy atom. The maximum atomic E-state index is 10.4. The van der Waals surface area contributed by atoms with Crippen molar-refractivity contribution in [2.24, 2.45) is 0 Å². The van der Waals surface area contributed by atoms with Crippen LogP contribution in [0.4, 0.5) is 0 Å². The minimum Gasteiger partial charge on any atom is -0.467 e. The van der Waals surface area contributed by atoms with Gasteiger partial charge >= 0.3 is 0 Å². The Bertz CT molecular complexity index is 687. The highest BCUT2D eigenvalue weighted by Crippen LogP contribution is 2.11. The Labute approximate surface area is 154 Å². The number of nitrogens with zero attached hydrogens (tertiary/aromatic N) is 1. The molecule has 1 unspecified atom stereocenters. The lowest BCUT2D eigenvalue weighted by atomic mass is 10.1. The number of aliphatic hydroxyl groups excluding tert-OH is 1. The standard InChI is InChI=1S/C22H25NO3/c24-21(17-25-18-22-12-7-13-26-22)16-23(14-19-8-3-1-4-9-19)15-20-10-5-2-6-11-20/h1-13,21,24H,14-18H2. The molecule has 2 aromatic carbocycles. The van der Waals surface area contributed by atoms with E-state index in [1.54, 1.807) is 6.26 Å². The summed E-state index contributed by atoms with van der Waals surface area (Å²) in [5.74, 6) is 0.766. The molecule has 1 heterocycles. The molecule has 26 heavy (non-hydrogen) atoms. The molecule has 0 aliphatic heterocycles. The van der Waals surface area contributed by atoms with Gasteiger partial charge in [-0.1, -0.05) is 60.7 Å². The van der Waals surface area contributed by atoms with Crippen molar-refractivity contribution in [2.45, 2.75) is 25.8 Å². The SMILES string of the molecule is OC(COCc1ccco1)CN(Cc1ccccc1)Cc1ccccc1. The number of benzene rings is 2. The number of rotatable bonds is 10. The van der Waals surface area contributed by atoms with Crippen LogP contribution in [0.2, 0.25) is 0 Å². The van der Waals surface area contributed by atoms with E-state index in [4.69, 9.17) is 9.15 Å². The Morgan fingerprint density at radius 3 is 2.00 bits per heavy atom. The summed E-state index contributed by atoms with van der Waals surface area (Å²) in [6, 6.07) is 24.3. The first kappa shape index (κ1) is 18.4. The molecule has 0 spiro atoms. The van der Waals surface area contributed by atoms with Gasteiger partial charge < -0.3 is 14.3 Å². The van der Waals surface area contributed by atoms with Crippen molar-refractivity contribution in [1.82, 2.24) is 4.90 Å². The lowest BCUT2D eigenvalue weighted by Crippen LogP contribution is -2.34. The average Bonchev–Trinajstić information content (AvgIpc) is 3.17. The van der Waals surface area contributed by atoms with Crippen LogP contribution in [-0.2, 0) is 24.4 Å². The number of hydrogen-bond acceptors (Lipinski definition) is 4. The molecule has 1 atom stereocenters. The highest BCUT2D eigenvalue weighted by Gasteiger charge is 2.13. The number of furan rings is 1. The molecule has 4 heteroatoms. The van der Waals surface area contributed by atoms with Gasteiger partial charge in [0.25, 0.3) is 0 Å². The molecular weight excluding hydrogens is 326 g/mol. The van der Waals surface area contributed by atoms with Crippen LogP contribution < -0.4 is 0 Å². The zero-order valence-electron chi connectivity index (χ0n) is 14.8. The summed E-state index contributed by atoms with van der Waals surface area (Å²) in [7, 11) is 0. The molecule has 3 aromatic rings. The monoisotopic (exact) mass is 351 g/mol. The van der Waals surface area contributed by atoms with Crippen LogP contribution in [0.3, 0.4) is 0 Å². The molecule has 4 nitrogen and oxygen atoms in total.